The van der Waals surface area contributed by atoms with Gasteiger partial charge in [-0.15, -0.1) is 0 Å². The van der Waals surface area contributed by atoms with E-state index < -0.39 is 0 Å². The fourth-order valence-corrected chi connectivity index (χ4v) is 2.26. The minimum Gasteiger partial charge on any atom is -0.376 e. The van der Waals surface area contributed by atoms with E-state index in [2.05, 4.69) is 43.4 Å². The van der Waals surface area contributed by atoms with E-state index in [9.17, 15) is 0 Å². The highest BCUT2D eigenvalue weighted by Crippen LogP contribution is 2.19. The van der Waals surface area contributed by atoms with Gasteiger partial charge >= 0.3 is 0 Å². The summed E-state index contributed by atoms with van der Waals surface area (Å²) in [5, 5.41) is 3.53. The van der Waals surface area contributed by atoms with Crippen LogP contribution < -0.4 is 5.32 Å². The van der Waals surface area contributed by atoms with Crippen LogP contribution >= 0.6 is 0 Å². The molecular weight excluding hydrogens is 234 g/mol. The molecule has 1 aromatic rings. The quantitative estimate of drug-likeness (QED) is 0.728. The third-order valence-corrected chi connectivity index (χ3v) is 3.65. The van der Waals surface area contributed by atoms with Gasteiger partial charge in [-0.05, 0) is 36.3 Å². The predicted molar refractivity (Wildman–Crippen MR) is 80.0 cm³/mol. The van der Waals surface area contributed by atoms with Gasteiger partial charge in [0.05, 0.1) is 6.61 Å². The lowest BCUT2D eigenvalue weighted by Gasteiger charge is -2.11. The van der Waals surface area contributed by atoms with Crippen LogP contribution in [0.3, 0.4) is 0 Å². The zero-order valence-corrected chi connectivity index (χ0v) is 12.3. The fraction of sp³-hybridized carbons (Fsp3) is 0.647. The highest BCUT2D eigenvalue weighted by atomic mass is 16.5. The molecule has 0 amide bonds. The second-order valence-electron chi connectivity index (χ2n) is 5.88. The van der Waals surface area contributed by atoms with Crippen LogP contribution in [-0.4, -0.2) is 12.6 Å². The zero-order chi connectivity index (χ0) is 13.5. The fourth-order valence-electron chi connectivity index (χ4n) is 2.26. The van der Waals surface area contributed by atoms with Crippen molar-refractivity contribution in [1.82, 2.24) is 5.32 Å². The maximum atomic E-state index is 5.77. The molecule has 0 aromatic heterocycles. The van der Waals surface area contributed by atoms with Crippen LogP contribution in [0.5, 0.6) is 0 Å². The Balaban J connectivity index is 1.65. The molecule has 1 unspecified atom stereocenters. The molecule has 0 radical (unpaired) electrons. The van der Waals surface area contributed by atoms with E-state index in [1.54, 1.807) is 0 Å². The lowest BCUT2D eigenvalue weighted by Crippen LogP contribution is -2.15. The van der Waals surface area contributed by atoms with Gasteiger partial charge in [0, 0.05) is 19.2 Å². The smallest absolute Gasteiger partial charge is 0.0717 e. The Morgan fingerprint density at radius 3 is 2.53 bits per heavy atom. The van der Waals surface area contributed by atoms with Crippen LogP contribution in [0.4, 0.5) is 0 Å². The maximum Gasteiger partial charge on any atom is 0.0717 e. The summed E-state index contributed by atoms with van der Waals surface area (Å²) < 4.78 is 5.77. The molecule has 1 fully saturated rings. The van der Waals surface area contributed by atoms with Crippen molar-refractivity contribution in [1.29, 1.82) is 0 Å². The second-order valence-corrected chi connectivity index (χ2v) is 5.88. The standard InChI is InChI=1S/C17H27NO/c1-3-4-14(2)12-19-13-16-7-5-15(6-8-16)11-18-17-9-10-17/h5-8,14,17-18H,3-4,9-13H2,1-2H3. The molecule has 0 spiro atoms. The summed E-state index contributed by atoms with van der Waals surface area (Å²) in [5.74, 6) is 0.673. The molecule has 2 heteroatoms. The third-order valence-electron chi connectivity index (χ3n) is 3.65. The summed E-state index contributed by atoms with van der Waals surface area (Å²) in [4.78, 5) is 0. The van der Waals surface area contributed by atoms with Crippen molar-refractivity contribution in [3.63, 3.8) is 0 Å². The van der Waals surface area contributed by atoms with E-state index in [4.69, 9.17) is 4.74 Å². The van der Waals surface area contributed by atoms with Crippen molar-refractivity contribution >= 4 is 0 Å². The largest absolute Gasteiger partial charge is 0.376 e. The minimum absolute atomic E-state index is 0.673. The number of rotatable bonds is 9. The van der Waals surface area contributed by atoms with Crippen molar-refractivity contribution in [3.05, 3.63) is 35.4 Å². The van der Waals surface area contributed by atoms with Gasteiger partial charge < -0.3 is 10.1 Å². The van der Waals surface area contributed by atoms with Gasteiger partial charge in [-0.1, -0.05) is 44.5 Å². The molecule has 1 aliphatic carbocycles. The predicted octanol–water partition coefficient (Wildman–Crippen LogP) is 3.89. The first-order valence-electron chi connectivity index (χ1n) is 7.67. The molecule has 2 nitrogen and oxygen atoms in total. The molecule has 19 heavy (non-hydrogen) atoms. The Hall–Kier alpha value is -0.860. The number of hydrogen-bond donors (Lipinski definition) is 1. The number of ether oxygens (including phenoxy) is 1. The Morgan fingerprint density at radius 1 is 1.21 bits per heavy atom. The molecule has 0 aliphatic heterocycles. The highest BCUT2D eigenvalue weighted by Gasteiger charge is 2.19. The van der Waals surface area contributed by atoms with Crippen molar-refractivity contribution in [2.45, 2.75) is 58.7 Å². The number of benzene rings is 1. The van der Waals surface area contributed by atoms with Crippen LogP contribution in [0.15, 0.2) is 24.3 Å². The van der Waals surface area contributed by atoms with Crippen LogP contribution in [0.25, 0.3) is 0 Å². The van der Waals surface area contributed by atoms with E-state index in [1.165, 1.54) is 36.8 Å². The summed E-state index contributed by atoms with van der Waals surface area (Å²) in [6.45, 7) is 7.10. The highest BCUT2D eigenvalue weighted by molar-refractivity contribution is 5.22. The third kappa shape index (κ3) is 5.75. The minimum atomic E-state index is 0.673. The first-order valence-corrected chi connectivity index (χ1v) is 7.67. The normalized spacial score (nSPS) is 16.5. The molecule has 1 N–H and O–H groups in total. The average Bonchev–Trinajstić information content (AvgIpc) is 3.22. The molecule has 2 rings (SSSR count). The first-order chi connectivity index (χ1) is 9.28. The zero-order valence-electron chi connectivity index (χ0n) is 12.3. The van der Waals surface area contributed by atoms with Crippen LogP contribution in [-0.2, 0) is 17.9 Å². The van der Waals surface area contributed by atoms with Crippen molar-refractivity contribution in [2.24, 2.45) is 5.92 Å². The van der Waals surface area contributed by atoms with Gasteiger partial charge in [0.15, 0.2) is 0 Å². The van der Waals surface area contributed by atoms with Gasteiger partial charge in [0.25, 0.3) is 0 Å². The summed E-state index contributed by atoms with van der Waals surface area (Å²) in [7, 11) is 0. The van der Waals surface area contributed by atoms with Crippen LogP contribution in [0.1, 0.15) is 50.7 Å². The van der Waals surface area contributed by atoms with Crippen molar-refractivity contribution < 1.29 is 4.74 Å². The summed E-state index contributed by atoms with van der Waals surface area (Å²) in [5.41, 5.74) is 2.65. The lowest BCUT2D eigenvalue weighted by atomic mass is 10.1. The summed E-state index contributed by atoms with van der Waals surface area (Å²) in [6.07, 6.45) is 5.20. The Bertz CT molecular complexity index is 356. The molecule has 1 aliphatic rings. The summed E-state index contributed by atoms with van der Waals surface area (Å²) >= 11 is 0. The van der Waals surface area contributed by atoms with Crippen molar-refractivity contribution in [2.75, 3.05) is 6.61 Å². The summed E-state index contributed by atoms with van der Waals surface area (Å²) in [6, 6.07) is 9.58. The van der Waals surface area contributed by atoms with E-state index in [-0.39, 0.29) is 0 Å². The second kappa shape index (κ2) is 7.66. The lowest BCUT2D eigenvalue weighted by molar-refractivity contribution is 0.0893. The van der Waals surface area contributed by atoms with E-state index in [0.717, 1.165) is 25.8 Å². The van der Waals surface area contributed by atoms with Crippen LogP contribution in [0, 0.1) is 5.92 Å². The number of nitrogens with one attached hydrogen (secondary N) is 1. The molecule has 1 aromatic carbocycles. The van der Waals surface area contributed by atoms with Crippen LogP contribution in [0.2, 0.25) is 0 Å². The molecule has 0 bridgehead atoms. The van der Waals surface area contributed by atoms with E-state index in [0.29, 0.717) is 5.92 Å². The molecule has 106 valence electrons. The molecule has 1 atom stereocenters. The monoisotopic (exact) mass is 261 g/mol. The maximum absolute atomic E-state index is 5.77. The van der Waals surface area contributed by atoms with Gasteiger partial charge in [0.1, 0.15) is 0 Å². The first kappa shape index (κ1) is 14.5. The Morgan fingerprint density at radius 2 is 1.89 bits per heavy atom. The van der Waals surface area contributed by atoms with Gasteiger partial charge in [-0.2, -0.15) is 0 Å². The molecular formula is C17H27NO. The van der Waals surface area contributed by atoms with Gasteiger partial charge in [0.2, 0.25) is 0 Å². The molecule has 0 heterocycles. The van der Waals surface area contributed by atoms with Gasteiger partial charge in [-0.3, -0.25) is 0 Å². The average molecular weight is 261 g/mol. The molecule has 0 saturated heterocycles. The number of hydrogen-bond acceptors (Lipinski definition) is 2. The Kier molecular flexibility index (Phi) is 5.87. The Labute approximate surface area is 117 Å². The van der Waals surface area contributed by atoms with Gasteiger partial charge in [-0.25, -0.2) is 0 Å². The van der Waals surface area contributed by atoms with E-state index in [1.807, 2.05) is 0 Å². The SMILES string of the molecule is CCCC(C)COCc1ccc(CNC2CC2)cc1. The van der Waals surface area contributed by atoms with Crippen molar-refractivity contribution in [3.8, 4) is 0 Å². The topological polar surface area (TPSA) is 21.3 Å². The van der Waals surface area contributed by atoms with E-state index >= 15 is 0 Å². The molecule has 1 saturated carbocycles.